The highest BCUT2D eigenvalue weighted by Crippen LogP contribution is 2.14. The van der Waals surface area contributed by atoms with Gasteiger partial charge in [0.15, 0.2) is 0 Å². The molecule has 1 rings (SSSR count). The standard InChI is InChI=1S/C15H29N3/c1-5-6-7-8-9-10-11-18-14(3)15(12-16-4)13(2)17-18/h16H,5-12H2,1-4H3. The monoisotopic (exact) mass is 251 g/mol. The van der Waals surface area contributed by atoms with Gasteiger partial charge in [-0.25, -0.2) is 0 Å². The second kappa shape index (κ2) is 8.30. The Kier molecular flexibility index (Phi) is 7.02. The summed E-state index contributed by atoms with van der Waals surface area (Å²) in [5.74, 6) is 0. The number of hydrogen-bond acceptors (Lipinski definition) is 2. The zero-order valence-electron chi connectivity index (χ0n) is 12.6. The fraction of sp³-hybridized carbons (Fsp3) is 0.800. The van der Waals surface area contributed by atoms with Gasteiger partial charge in [-0.1, -0.05) is 39.0 Å². The molecule has 0 aliphatic carbocycles. The Morgan fingerprint density at radius 1 is 1.06 bits per heavy atom. The molecule has 0 aliphatic rings. The van der Waals surface area contributed by atoms with Crippen molar-refractivity contribution in [2.75, 3.05) is 7.05 Å². The van der Waals surface area contributed by atoms with Gasteiger partial charge >= 0.3 is 0 Å². The van der Waals surface area contributed by atoms with Gasteiger partial charge in [0.25, 0.3) is 0 Å². The quantitative estimate of drug-likeness (QED) is 0.680. The lowest BCUT2D eigenvalue weighted by molar-refractivity contribution is 0.517. The summed E-state index contributed by atoms with van der Waals surface area (Å²) in [5, 5.41) is 7.86. The lowest BCUT2D eigenvalue weighted by Crippen LogP contribution is -2.08. The van der Waals surface area contributed by atoms with Gasteiger partial charge in [-0.2, -0.15) is 5.10 Å². The summed E-state index contributed by atoms with van der Waals surface area (Å²) in [4.78, 5) is 0. The summed E-state index contributed by atoms with van der Waals surface area (Å²) in [6.45, 7) is 8.55. The SMILES string of the molecule is CCCCCCCCn1nc(C)c(CNC)c1C. The number of unbranched alkanes of at least 4 members (excludes halogenated alkanes) is 5. The van der Waals surface area contributed by atoms with Gasteiger partial charge in [-0.05, 0) is 27.3 Å². The third-order valence-corrected chi connectivity index (χ3v) is 3.61. The first kappa shape index (κ1) is 15.2. The van der Waals surface area contributed by atoms with Crippen molar-refractivity contribution in [2.45, 2.75) is 72.4 Å². The first-order valence-corrected chi connectivity index (χ1v) is 7.38. The highest BCUT2D eigenvalue weighted by Gasteiger charge is 2.09. The smallest absolute Gasteiger partial charge is 0.0641 e. The van der Waals surface area contributed by atoms with E-state index in [1.165, 1.54) is 55.5 Å². The van der Waals surface area contributed by atoms with Crippen molar-refractivity contribution in [3.63, 3.8) is 0 Å². The second-order valence-corrected chi connectivity index (χ2v) is 5.17. The Hall–Kier alpha value is -0.830. The van der Waals surface area contributed by atoms with Crippen LogP contribution in [0.5, 0.6) is 0 Å². The van der Waals surface area contributed by atoms with E-state index < -0.39 is 0 Å². The maximum absolute atomic E-state index is 4.64. The molecule has 1 aromatic rings. The van der Waals surface area contributed by atoms with Gasteiger partial charge in [0.1, 0.15) is 0 Å². The summed E-state index contributed by atoms with van der Waals surface area (Å²) in [6, 6.07) is 0. The largest absolute Gasteiger partial charge is 0.316 e. The number of nitrogens with one attached hydrogen (secondary N) is 1. The lowest BCUT2D eigenvalue weighted by atomic mass is 10.1. The Morgan fingerprint density at radius 3 is 2.39 bits per heavy atom. The number of hydrogen-bond donors (Lipinski definition) is 1. The van der Waals surface area contributed by atoms with Crippen LogP contribution in [0.2, 0.25) is 0 Å². The summed E-state index contributed by atoms with van der Waals surface area (Å²) in [7, 11) is 1.99. The predicted octanol–water partition coefficient (Wildman–Crippen LogP) is 3.58. The highest BCUT2D eigenvalue weighted by atomic mass is 15.3. The number of nitrogens with zero attached hydrogens (tertiary/aromatic N) is 2. The Bertz CT molecular complexity index is 342. The van der Waals surface area contributed by atoms with Crippen molar-refractivity contribution in [2.24, 2.45) is 0 Å². The van der Waals surface area contributed by atoms with Crippen LogP contribution in [0.15, 0.2) is 0 Å². The minimum atomic E-state index is 0.925. The van der Waals surface area contributed by atoms with E-state index in [0.29, 0.717) is 0 Å². The molecule has 1 aromatic heterocycles. The van der Waals surface area contributed by atoms with Gasteiger partial charge in [-0.15, -0.1) is 0 Å². The van der Waals surface area contributed by atoms with Crippen LogP contribution < -0.4 is 5.32 Å². The van der Waals surface area contributed by atoms with Crippen molar-refractivity contribution in [1.82, 2.24) is 15.1 Å². The molecule has 1 N–H and O–H groups in total. The minimum absolute atomic E-state index is 0.925. The molecule has 3 nitrogen and oxygen atoms in total. The van der Waals surface area contributed by atoms with Crippen molar-refractivity contribution in [3.8, 4) is 0 Å². The maximum atomic E-state index is 4.64. The Balaban J connectivity index is 2.36. The normalized spacial score (nSPS) is 11.1. The molecule has 0 atom stereocenters. The average molecular weight is 251 g/mol. The van der Waals surface area contributed by atoms with E-state index in [-0.39, 0.29) is 0 Å². The van der Waals surface area contributed by atoms with Gasteiger partial charge in [0.05, 0.1) is 5.69 Å². The average Bonchev–Trinajstić information content (AvgIpc) is 2.62. The molecule has 0 aliphatic heterocycles. The van der Waals surface area contributed by atoms with Crippen molar-refractivity contribution < 1.29 is 0 Å². The summed E-state index contributed by atoms with van der Waals surface area (Å²) >= 11 is 0. The molecule has 0 unspecified atom stereocenters. The van der Waals surface area contributed by atoms with Crippen LogP contribution in [-0.2, 0) is 13.1 Å². The molecule has 3 heteroatoms. The van der Waals surface area contributed by atoms with Gasteiger partial charge in [-0.3, -0.25) is 4.68 Å². The van der Waals surface area contributed by atoms with E-state index in [9.17, 15) is 0 Å². The van der Waals surface area contributed by atoms with Crippen LogP contribution in [0, 0.1) is 13.8 Å². The molecule has 0 radical (unpaired) electrons. The summed E-state index contributed by atoms with van der Waals surface area (Å²) < 4.78 is 2.18. The van der Waals surface area contributed by atoms with E-state index in [1.807, 2.05) is 7.05 Å². The maximum Gasteiger partial charge on any atom is 0.0641 e. The number of rotatable bonds is 9. The third kappa shape index (κ3) is 4.45. The van der Waals surface area contributed by atoms with Crippen LogP contribution in [0.3, 0.4) is 0 Å². The fourth-order valence-corrected chi connectivity index (χ4v) is 2.43. The van der Waals surface area contributed by atoms with E-state index in [2.05, 4.69) is 35.9 Å². The van der Waals surface area contributed by atoms with Crippen LogP contribution in [0.25, 0.3) is 0 Å². The van der Waals surface area contributed by atoms with Crippen LogP contribution >= 0.6 is 0 Å². The predicted molar refractivity (Wildman–Crippen MR) is 77.8 cm³/mol. The highest BCUT2D eigenvalue weighted by molar-refractivity contribution is 5.24. The number of aromatic nitrogens is 2. The first-order chi connectivity index (χ1) is 8.70. The van der Waals surface area contributed by atoms with Crippen molar-refractivity contribution in [1.29, 1.82) is 0 Å². The van der Waals surface area contributed by atoms with Crippen molar-refractivity contribution >= 4 is 0 Å². The molecule has 0 aromatic carbocycles. The Morgan fingerprint density at radius 2 is 1.72 bits per heavy atom. The van der Waals surface area contributed by atoms with Gasteiger partial charge in [0.2, 0.25) is 0 Å². The van der Waals surface area contributed by atoms with Crippen molar-refractivity contribution in [3.05, 3.63) is 17.0 Å². The van der Waals surface area contributed by atoms with Crippen LogP contribution in [-0.4, -0.2) is 16.8 Å². The molecular formula is C15H29N3. The van der Waals surface area contributed by atoms with E-state index in [0.717, 1.165) is 13.1 Å². The first-order valence-electron chi connectivity index (χ1n) is 7.38. The molecular weight excluding hydrogens is 222 g/mol. The lowest BCUT2D eigenvalue weighted by Gasteiger charge is -2.05. The zero-order valence-corrected chi connectivity index (χ0v) is 12.6. The topological polar surface area (TPSA) is 29.9 Å². The summed E-state index contributed by atoms with van der Waals surface area (Å²) in [6.07, 6.45) is 8.05. The van der Waals surface area contributed by atoms with E-state index in [1.54, 1.807) is 0 Å². The number of aryl methyl sites for hydroxylation is 2. The van der Waals surface area contributed by atoms with E-state index >= 15 is 0 Å². The summed E-state index contributed by atoms with van der Waals surface area (Å²) in [5.41, 5.74) is 3.87. The van der Waals surface area contributed by atoms with E-state index in [4.69, 9.17) is 0 Å². The zero-order chi connectivity index (χ0) is 13.4. The third-order valence-electron chi connectivity index (χ3n) is 3.61. The molecule has 0 saturated carbocycles. The van der Waals surface area contributed by atoms with Gasteiger partial charge < -0.3 is 5.32 Å². The van der Waals surface area contributed by atoms with Crippen LogP contribution in [0.1, 0.15) is 62.4 Å². The second-order valence-electron chi connectivity index (χ2n) is 5.17. The minimum Gasteiger partial charge on any atom is -0.316 e. The molecule has 18 heavy (non-hydrogen) atoms. The molecule has 0 fully saturated rings. The fourth-order valence-electron chi connectivity index (χ4n) is 2.43. The molecule has 0 saturated heterocycles. The van der Waals surface area contributed by atoms with Crippen LogP contribution in [0.4, 0.5) is 0 Å². The Labute approximate surface area is 112 Å². The molecule has 0 bridgehead atoms. The van der Waals surface area contributed by atoms with Gasteiger partial charge in [0, 0.05) is 24.3 Å². The molecule has 0 spiro atoms. The molecule has 0 amide bonds. The molecule has 1 heterocycles. The molecule has 104 valence electrons.